The summed E-state index contributed by atoms with van der Waals surface area (Å²) in [6.07, 6.45) is 11.1. The van der Waals surface area contributed by atoms with E-state index in [1.807, 2.05) is 0 Å². The SMILES string of the molecule is C=CC(=O)OCCCCCCC(CC)(CC)CC. The molecule has 0 aliphatic carbocycles. The summed E-state index contributed by atoms with van der Waals surface area (Å²) in [7, 11) is 0. The van der Waals surface area contributed by atoms with E-state index in [4.69, 9.17) is 4.74 Å². The third kappa shape index (κ3) is 6.83. The highest BCUT2D eigenvalue weighted by Crippen LogP contribution is 2.36. The molecule has 2 nitrogen and oxygen atoms in total. The number of hydrogen-bond acceptors (Lipinski definition) is 2. The monoisotopic (exact) mass is 254 g/mol. The molecule has 0 rings (SSSR count). The highest BCUT2D eigenvalue weighted by molar-refractivity contribution is 5.81. The number of ether oxygens (including phenoxy) is 1. The fourth-order valence-electron chi connectivity index (χ4n) is 2.47. The van der Waals surface area contributed by atoms with E-state index in [0.29, 0.717) is 12.0 Å². The molecule has 2 heteroatoms. The summed E-state index contributed by atoms with van der Waals surface area (Å²) >= 11 is 0. The molecule has 0 bridgehead atoms. The normalized spacial score (nSPS) is 11.3. The zero-order chi connectivity index (χ0) is 13.9. The molecule has 0 unspecified atom stereocenters. The molecule has 0 aliphatic rings. The van der Waals surface area contributed by atoms with E-state index < -0.39 is 0 Å². The van der Waals surface area contributed by atoms with Crippen LogP contribution in [0.5, 0.6) is 0 Å². The summed E-state index contributed by atoms with van der Waals surface area (Å²) in [6.45, 7) is 10.8. The van der Waals surface area contributed by atoms with Crippen molar-refractivity contribution in [2.24, 2.45) is 5.41 Å². The fraction of sp³-hybridized carbons (Fsp3) is 0.812. The highest BCUT2D eigenvalue weighted by Gasteiger charge is 2.22. The summed E-state index contributed by atoms with van der Waals surface area (Å²) in [5, 5.41) is 0. The smallest absolute Gasteiger partial charge is 0.330 e. The Balaban J connectivity index is 3.55. The molecule has 0 saturated heterocycles. The van der Waals surface area contributed by atoms with Gasteiger partial charge in [0.2, 0.25) is 0 Å². The van der Waals surface area contributed by atoms with E-state index in [0.717, 1.165) is 12.8 Å². The molecule has 0 spiro atoms. The number of carbonyl (C=O) groups excluding carboxylic acids is 1. The van der Waals surface area contributed by atoms with Crippen LogP contribution in [0.3, 0.4) is 0 Å². The van der Waals surface area contributed by atoms with Crippen LogP contribution in [0.25, 0.3) is 0 Å². The van der Waals surface area contributed by atoms with E-state index in [9.17, 15) is 4.79 Å². The van der Waals surface area contributed by atoms with Gasteiger partial charge in [-0.1, -0.05) is 65.9 Å². The molecule has 106 valence electrons. The van der Waals surface area contributed by atoms with Gasteiger partial charge in [-0.15, -0.1) is 0 Å². The van der Waals surface area contributed by atoms with Gasteiger partial charge >= 0.3 is 5.97 Å². The third-order valence-electron chi connectivity index (χ3n) is 4.26. The third-order valence-corrected chi connectivity index (χ3v) is 4.26. The van der Waals surface area contributed by atoms with Crippen LogP contribution in [-0.4, -0.2) is 12.6 Å². The zero-order valence-corrected chi connectivity index (χ0v) is 12.5. The number of hydrogen-bond donors (Lipinski definition) is 0. The first-order chi connectivity index (χ1) is 8.64. The maximum Gasteiger partial charge on any atom is 0.330 e. The minimum absolute atomic E-state index is 0.308. The Bertz CT molecular complexity index is 221. The summed E-state index contributed by atoms with van der Waals surface area (Å²) in [6, 6.07) is 0. The molecule has 0 aromatic rings. The van der Waals surface area contributed by atoms with Gasteiger partial charge in [0.05, 0.1) is 6.61 Å². The van der Waals surface area contributed by atoms with Crippen molar-refractivity contribution in [2.75, 3.05) is 6.61 Å². The van der Waals surface area contributed by atoms with Crippen LogP contribution >= 0.6 is 0 Å². The standard InChI is InChI=1S/C16H30O2/c1-5-15(17)18-14-12-10-9-11-13-16(6-2,7-3)8-4/h5H,1,6-14H2,2-4H3. The Labute approximate surface area is 113 Å². The van der Waals surface area contributed by atoms with Crippen LogP contribution in [0.4, 0.5) is 0 Å². The summed E-state index contributed by atoms with van der Waals surface area (Å²) < 4.78 is 4.95. The lowest BCUT2D eigenvalue weighted by Gasteiger charge is -2.30. The van der Waals surface area contributed by atoms with Crippen LogP contribution in [0.2, 0.25) is 0 Å². The zero-order valence-electron chi connectivity index (χ0n) is 12.5. The van der Waals surface area contributed by atoms with Crippen LogP contribution < -0.4 is 0 Å². The minimum atomic E-state index is -0.308. The quantitative estimate of drug-likeness (QED) is 0.298. The lowest BCUT2D eigenvalue weighted by Crippen LogP contribution is -2.17. The number of unbranched alkanes of at least 4 members (excludes halogenated alkanes) is 3. The van der Waals surface area contributed by atoms with Crippen molar-refractivity contribution in [2.45, 2.75) is 72.1 Å². The first-order valence-corrected chi connectivity index (χ1v) is 7.43. The van der Waals surface area contributed by atoms with Crippen LogP contribution in [0, 0.1) is 5.41 Å². The average molecular weight is 254 g/mol. The van der Waals surface area contributed by atoms with Crippen molar-refractivity contribution in [3.05, 3.63) is 12.7 Å². The first kappa shape index (κ1) is 17.2. The first-order valence-electron chi connectivity index (χ1n) is 7.43. The van der Waals surface area contributed by atoms with Gasteiger partial charge in [-0.05, 0) is 18.3 Å². The van der Waals surface area contributed by atoms with Gasteiger partial charge in [0, 0.05) is 6.08 Å². The van der Waals surface area contributed by atoms with Crippen LogP contribution in [0.15, 0.2) is 12.7 Å². The van der Waals surface area contributed by atoms with Gasteiger partial charge in [-0.3, -0.25) is 0 Å². The Hall–Kier alpha value is -0.790. The van der Waals surface area contributed by atoms with Crippen molar-refractivity contribution in [3.63, 3.8) is 0 Å². The van der Waals surface area contributed by atoms with Gasteiger partial charge in [0.25, 0.3) is 0 Å². The fourth-order valence-corrected chi connectivity index (χ4v) is 2.47. The number of esters is 1. The second-order valence-corrected chi connectivity index (χ2v) is 5.10. The van der Waals surface area contributed by atoms with Crippen molar-refractivity contribution >= 4 is 5.97 Å². The average Bonchev–Trinajstić information content (AvgIpc) is 2.42. The maximum atomic E-state index is 10.8. The predicted molar refractivity (Wildman–Crippen MR) is 77.5 cm³/mol. The molecular weight excluding hydrogens is 224 g/mol. The van der Waals surface area contributed by atoms with Crippen molar-refractivity contribution in [3.8, 4) is 0 Å². The minimum Gasteiger partial charge on any atom is -0.463 e. The van der Waals surface area contributed by atoms with Crippen molar-refractivity contribution in [1.82, 2.24) is 0 Å². The topological polar surface area (TPSA) is 26.3 Å². The van der Waals surface area contributed by atoms with E-state index in [1.165, 1.54) is 44.6 Å². The van der Waals surface area contributed by atoms with Gasteiger partial charge in [0.15, 0.2) is 0 Å². The largest absolute Gasteiger partial charge is 0.463 e. The lowest BCUT2D eigenvalue weighted by molar-refractivity contribution is -0.137. The predicted octanol–water partition coefficient (Wildman–Crippen LogP) is 4.88. The Kier molecular flexibility index (Phi) is 9.72. The molecule has 0 fully saturated rings. The van der Waals surface area contributed by atoms with E-state index in [1.54, 1.807) is 0 Å². The molecule has 18 heavy (non-hydrogen) atoms. The van der Waals surface area contributed by atoms with Gasteiger partial charge in [0.1, 0.15) is 0 Å². The van der Waals surface area contributed by atoms with Crippen LogP contribution in [-0.2, 0) is 9.53 Å². The molecule has 0 radical (unpaired) electrons. The molecule has 0 aromatic heterocycles. The second kappa shape index (κ2) is 10.2. The molecule has 0 amide bonds. The van der Waals surface area contributed by atoms with Crippen LogP contribution in [0.1, 0.15) is 72.1 Å². The van der Waals surface area contributed by atoms with Crippen molar-refractivity contribution in [1.29, 1.82) is 0 Å². The summed E-state index contributed by atoms with van der Waals surface area (Å²) in [4.78, 5) is 10.8. The van der Waals surface area contributed by atoms with Gasteiger partial charge < -0.3 is 4.74 Å². The Morgan fingerprint density at radius 3 is 2.11 bits per heavy atom. The summed E-state index contributed by atoms with van der Waals surface area (Å²) in [5.41, 5.74) is 0.565. The highest BCUT2D eigenvalue weighted by atomic mass is 16.5. The van der Waals surface area contributed by atoms with Gasteiger partial charge in [-0.25, -0.2) is 4.79 Å². The van der Waals surface area contributed by atoms with Gasteiger partial charge in [-0.2, -0.15) is 0 Å². The molecule has 0 saturated carbocycles. The molecular formula is C16H30O2. The number of rotatable bonds is 11. The maximum absolute atomic E-state index is 10.8. The molecule has 0 heterocycles. The molecule has 0 aliphatic heterocycles. The van der Waals surface area contributed by atoms with Crippen molar-refractivity contribution < 1.29 is 9.53 Å². The lowest BCUT2D eigenvalue weighted by atomic mass is 9.75. The second-order valence-electron chi connectivity index (χ2n) is 5.10. The molecule has 0 atom stereocenters. The Morgan fingerprint density at radius 2 is 1.61 bits per heavy atom. The Morgan fingerprint density at radius 1 is 1.06 bits per heavy atom. The molecule has 0 N–H and O–H groups in total. The number of carbonyl (C=O) groups is 1. The van der Waals surface area contributed by atoms with E-state index >= 15 is 0 Å². The van der Waals surface area contributed by atoms with E-state index in [2.05, 4.69) is 27.4 Å². The summed E-state index contributed by atoms with van der Waals surface area (Å²) in [5.74, 6) is -0.308. The van der Waals surface area contributed by atoms with E-state index in [-0.39, 0.29) is 5.97 Å². The molecule has 0 aromatic carbocycles.